The summed E-state index contributed by atoms with van der Waals surface area (Å²) in [7, 11) is 0. The molecule has 3 atom stereocenters. The molecule has 1 aliphatic rings. The Kier molecular flexibility index (Phi) is 9.07. The van der Waals surface area contributed by atoms with Crippen molar-refractivity contribution in [2.24, 2.45) is 17.6 Å². The molecule has 31 heavy (non-hydrogen) atoms. The molecule has 1 aromatic carbocycles. The molecule has 2 aromatic rings. The number of H-pyrrole nitrogens is 1. The van der Waals surface area contributed by atoms with Gasteiger partial charge in [0.2, 0.25) is 0 Å². The first-order valence-electron chi connectivity index (χ1n) is 9.93. The maximum Gasteiger partial charge on any atom is 0.438 e. The average Bonchev–Trinajstić information content (AvgIpc) is 3.32. The van der Waals surface area contributed by atoms with Crippen molar-refractivity contribution in [1.82, 2.24) is 15.0 Å². The first-order valence-corrected chi connectivity index (χ1v) is 9.93. The van der Waals surface area contributed by atoms with Gasteiger partial charge in [-0.15, -0.1) is 12.4 Å². The molecule has 170 valence electrons. The average molecular weight is 455 g/mol. The number of benzene rings is 1. The third-order valence-electron chi connectivity index (χ3n) is 5.37. The number of carboxylic acids is 1. The van der Waals surface area contributed by atoms with Crippen molar-refractivity contribution in [1.29, 1.82) is 0 Å². The molecule has 0 aliphatic carbocycles. The number of aryl methyl sites for hydroxylation is 1. The van der Waals surface area contributed by atoms with Gasteiger partial charge in [-0.3, -0.25) is 14.3 Å². The lowest BCUT2D eigenvalue weighted by atomic mass is 9.85. The quantitative estimate of drug-likeness (QED) is 0.485. The van der Waals surface area contributed by atoms with E-state index in [0.29, 0.717) is 31.5 Å². The molecular formula is C20H27ClN4O6. The monoisotopic (exact) mass is 454 g/mol. The van der Waals surface area contributed by atoms with Crippen molar-refractivity contribution in [3.8, 4) is 0 Å². The molecule has 2 heterocycles. The first kappa shape index (κ1) is 24.4. The number of nitrogens with zero attached hydrogens (tertiary/aromatic N) is 2. The van der Waals surface area contributed by atoms with E-state index < -0.39 is 29.8 Å². The summed E-state index contributed by atoms with van der Waals surface area (Å²) in [5, 5.41) is 13.3. The highest BCUT2D eigenvalue weighted by Crippen LogP contribution is 2.28. The van der Waals surface area contributed by atoms with Crippen LogP contribution in [-0.2, 0) is 22.6 Å². The predicted molar refractivity (Wildman–Crippen MR) is 113 cm³/mol. The molecule has 1 saturated heterocycles. The molecule has 0 radical (unpaired) electrons. The molecular weight excluding hydrogens is 428 g/mol. The van der Waals surface area contributed by atoms with Gasteiger partial charge in [-0.05, 0) is 18.4 Å². The van der Waals surface area contributed by atoms with E-state index >= 15 is 0 Å². The van der Waals surface area contributed by atoms with Crippen LogP contribution in [0.5, 0.6) is 0 Å². The molecule has 1 amide bonds. The number of ether oxygens (including phenoxy) is 1. The summed E-state index contributed by atoms with van der Waals surface area (Å²) >= 11 is 0. The fourth-order valence-electron chi connectivity index (χ4n) is 3.79. The lowest BCUT2D eigenvalue weighted by Crippen LogP contribution is -2.37. The van der Waals surface area contributed by atoms with Crippen LogP contribution in [0.4, 0.5) is 4.79 Å². The van der Waals surface area contributed by atoms with E-state index in [1.165, 1.54) is 4.90 Å². The normalized spacial score (nSPS) is 18.9. The summed E-state index contributed by atoms with van der Waals surface area (Å²) < 4.78 is 9.78. The lowest BCUT2D eigenvalue weighted by molar-refractivity contribution is -0.144. The van der Waals surface area contributed by atoms with Gasteiger partial charge in [0.1, 0.15) is 6.61 Å². The van der Waals surface area contributed by atoms with Gasteiger partial charge >= 0.3 is 17.8 Å². The summed E-state index contributed by atoms with van der Waals surface area (Å²) in [4.78, 5) is 39.1. The van der Waals surface area contributed by atoms with Crippen molar-refractivity contribution in [3.05, 3.63) is 52.3 Å². The number of aliphatic carboxylic acids is 1. The van der Waals surface area contributed by atoms with Crippen molar-refractivity contribution < 1.29 is 24.0 Å². The summed E-state index contributed by atoms with van der Waals surface area (Å²) in [6.45, 7) is 0.674. The highest BCUT2D eigenvalue weighted by Gasteiger charge is 2.41. The topological polar surface area (TPSA) is 152 Å². The second kappa shape index (κ2) is 11.5. The molecule has 4 N–H and O–H groups in total. The van der Waals surface area contributed by atoms with Crippen molar-refractivity contribution in [2.45, 2.75) is 38.3 Å². The number of unbranched alkanes of at least 4 members (excludes halogenated alkanes) is 1. The Morgan fingerprint density at radius 1 is 1.29 bits per heavy atom. The summed E-state index contributed by atoms with van der Waals surface area (Å²) in [5.74, 6) is -2.10. The molecule has 0 spiro atoms. The summed E-state index contributed by atoms with van der Waals surface area (Å²) in [6, 6.07) is 8.90. The maximum absolute atomic E-state index is 12.4. The first-order chi connectivity index (χ1) is 14.4. The van der Waals surface area contributed by atoms with Crippen LogP contribution in [0.25, 0.3) is 0 Å². The SMILES string of the molecule is Cl.N[C@@H]1CN(C(=O)OCc2ccccc2)C[C@H]1C(CCCCc1noc(=O)[nH]1)C(=O)O. The van der Waals surface area contributed by atoms with E-state index in [4.69, 9.17) is 10.5 Å². The van der Waals surface area contributed by atoms with E-state index in [2.05, 4.69) is 14.7 Å². The Balaban J connectivity index is 0.00000341. The molecule has 0 saturated carbocycles. The smallest absolute Gasteiger partial charge is 0.438 e. The Bertz CT molecular complexity index is 902. The fourth-order valence-corrected chi connectivity index (χ4v) is 3.79. The van der Waals surface area contributed by atoms with Crippen molar-refractivity contribution in [2.75, 3.05) is 13.1 Å². The number of hydrogen-bond donors (Lipinski definition) is 3. The van der Waals surface area contributed by atoms with Gasteiger partial charge < -0.3 is 20.5 Å². The lowest BCUT2D eigenvalue weighted by Gasteiger charge is -2.22. The van der Waals surface area contributed by atoms with Crippen molar-refractivity contribution in [3.63, 3.8) is 0 Å². The molecule has 3 rings (SSSR count). The standard InChI is InChI=1S/C20H26N4O6.ClH/c21-16-11-24(20(28)29-12-13-6-2-1-3-7-13)10-15(16)14(18(25)26)8-4-5-9-17-22-19(27)30-23-17;/h1-3,6-7,14-16H,4-5,8-12,21H2,(H,25,26)(H,22,23,27);1H/t14?,15-,16+;/m0./s1. The Labute approximate surface area is 185 Å². The Morgan fingerprint density at radius 2 is 2.03 bits per heavy atom. The van der Waals surface area contributed by atoms with Gasteiger partial charge in [-0.25, -0.2) is 9.59 Å². The number of aromatic amines is 1. The number of nitrogens with one attached hydrogen (secondary N) is 1. The number of likely N-dealkylation sites (tertiary alicyclic amines) is 1. The zero-order valence-electron chi connectivity index (χ0n) is 16.9. The highest BCUT2D eigenvalue weighted by atomic mass is 35.5. The van der Waals surface area contributed by atoms with Gasteiger partial charge in [-0.2, -0.15) is 0 Å². The second-order valence-corrected chi connectivity index (χ2v) is 7.51. The van der Waals surface area contributed by atoms with Crippen LogP contribution >= 0.6 is 12.4 Å². The van der Waals surface area contributed by atoms with Gasteiger partial charge in [0.15, 0.2) is 5.82 Å². The van der Waals surface area contributed by atoms with Crippen LogP contribution < -0.4 is 11.5 Å². The number of halogens is 1. The number of carboxylic acid groups (broad SMARTS) is 1. The Morgan fingerprint density at radius 3 is 2.68 bits per heavy atom. The summed E-state index contributed by atoms with van der Waals surface area (Å²) in [6.07, 6.45) is 1.69. The van der Waals surface area contributed by atoms with Gasteiger partial charge in [0.25, 0.3) is 0 Å². The fraction of sp³-hybridized carbons (Fsp3) is 0.500. The van der Waals surface area contributed by atoms with E-state index in [1.807, 2.05) is 30.3 Å². The van der Waals surface area contributed by atoms with Crippen LogP contribution in [0.1, 0.15) is 30.7 Å². The number of amides is 1. The van der Waals surface area contributed by atoms with E-state index in [9.17, 15) is 19.5 Å². The van der Waals surface area contributed by atoms with E-state index in [1.54, 1.807) is 0 Å². The van der Waals surface area contributed by atoms with Gasteiger partial charge in [0, 0.05) is 31.5 Å². The maximum atomic E-state index is 12.4. The number of aromatic nitrogens is 2. The van der Waals surface area contributed by atoms with Gasteiger partial charge in [-0.1, -0.05) is 41.9 Å². The zero-order valence-corrected chi connectivity index (χ0v) is 17.8. The number of hydrogen-bond acceptors (Lipinski definition) is 7. The van der Waals surface area contributed by atoms with Crippen LogP contribution in [0.15, 0.2) is 39.6 Å². The molecule has 11 heteroatoms. The van der Waals surface area contributed by atoms with Crippen LogP contribution in [0.2, 0.25) is 0 Å². The van der Waals surface area contributed by atoms with E-state index in [-0.39, 0.29) is 38.0 Å². The minimum atomic E-state index is -0.926. The minimum absolute atomic E-state index is 0. The predicted octanol–water partition coefficient (Wildman–Crippen LogP) is 1.79. The number of carbonyl (C=O) groups excluding carboxylic acids is 1. The van der Waals surface area contributed by atoms with Crippen LogP contribution in [0.3, 0.4) is 0 Å². The van der Waals surface area contributed by atoms with Crippen LogP contribution in [-0.4, -0.2) is 51.3 Å². The molecule has 1 fully saturated rings. The van der Waals surface area contributed by atoms with Crippen LogP contribution in [0, 0.1) is 11.8 Å². The molecule has 0 bridgehead atoms. The molecule has 1 unspecified atom stereocenters. The molecule has 1 aromatic heterocycles. The number of nitrogens with two attached hydrogens (primary N) is 1. The zero-order chi connectivity index (χ0) is 21.5. The molecule has 1 aliphatic heterocycles. The van der Waals surface area contributed by atoms with Crippen molar-refractivity contribution >= 4 is 24.5 Å². The molecule has 10 nitrogen and oxygen atoms in total. The Hall–Kier alpha value is -2.85. The number of rotatable bonds is 9. The second-order valence-electron chi connectivity index (χ2n) is 7.51. The third-order valence-corrected chi connectivity index (χ3v) is 5.37. The minimum Gasteiger partial charge on any atom is -0.481 e. The largest absolute Gasteiger partial charge is 0.481 e. The third kappa shape index (κ3) is 6.83. The summed E-state index contributed by atoms with van der Waals surface area (Å²) in [5.41, 5.74) is 7.05. The van der Waals surface area contributed by atoms with E-state index in [0.717, 1.165) is 5.56 Å². The van der Waals surface area contributed by atoms with Gasteiger partial charge in [0.05, 0.1) is 5.92 Å². The highest BCUT2D eigenvalue weighted by molar-refractivity contribution is 5.85. The number of carbonyl (C=O) groups is 2.